The van der Waals surface area contributed by atoms with Crippen molar-refractivity contribution in [1.82, 2.24) is 5.32 Å². The van der Waals surface area contributed by atoms with Gasteiger partial charge in [0.05, 0.1) is 6.04 Å². The van der Waals surface area contributed by atoms with Crippen LogP contribution in [0.5, 0.6) is 5.75 Å². The predicted molar refractivity (Wildman–Crippen MR) is 90.6 cm³/mol. The molecular formula is C16H20ClF3N2O4. The highest BCUT2D eigenvalue weighted by molar-refractivity contribution is 5.99. The van der Waals surface area contributed by atoms with E-state index in [1.165, 1.54) is 17.0 Å². The lowest BCUT2D eigenvalue weighted by Gasteiger charge is -2.20. The van der Waals surface area contributed by atoms with Crippen LogP contribution in [0.1, 0.15) is 26.2 Å². The topological polar surface area (TPSA) is 78.9 Å². The Kier molecular flexibility index (Phi) is 7.70. The van der Waals surface area contributed by atoms with Crippen molar-refractivity contribution >= 4 is 30.0 Å². The van der Waals surface area contributed by atoms with E-state index in [-0.39, 0.29) is 30.5 Å². The molecule has 6 nitrogen and oxygen atoms in total. The summed E-state index contributed by atoms with van der Waals surface area (Å²) in [7, 11) is 0. The Bertz CT molecular complexity index is 642. The fourth-order valence-corrected chi connectivity index (χ4v) is 2.75. The Labute approximate surface area is 154 Å². The minimum absolute atomic E-state index is 0. The zero-order chi connectivity index (χ0) is 18.6. The third-order valence-electron chi connectivity index (χ3n) is 3.85. The quantitative estimate of drug-likeness (QED) is 0.740. The van der Waals surface area contributed by atoms with Crippen LogP contribution in [-0.2, 0) is 9.59 Å². The smallest absolute Gasteiger partial charge is 0.480 e. The molecule has 1 aliphatic rings. The van der Waals surface area contributed by atoms with Crippen LogP contribution >= 0.6 is 12.4 Å². The summed E-state index contributed by atoms with van der Waals surface area (Å²) in [5.74, 6) is -1.82. The molecule has 0 saturated carbocycles. The number of hydrogen-bond donors (Lipinski definition) is 2. The van der Waals surface area contributed by atoms with Crippen LogP contribution in [-0.4, -0.2) is 42.0 Å². The van der Waals surface area contributed by atoms with E-state index >= 15 is 0 Å². The fourth-order valence-electron chi connectivity index (χ4n) is 2.75. The zero-order valence-electron chi connectivity index (χ0n) is 14.0. The number of benzene rings is 1. The summed E-state index contributed by atoms with van der Waals surface area (Å²) in [5.41, 5.74) is 0.276. The highest BCUT2D eigenvalue weighted by Gasteiger charge is 2.36. The molecule has 0 bridgehead atoms. The van der Waals surface area contributed by atoms with Gasteiger partial charge in [-0.1, -0.05) is 19.4 Å². The van der Waals surface area contributed by atoms with E-state index < -0.39 is 30.2 Å². The van der Waals surface area contributed by atoms with Gasteiger partial charge in [0, 0.05) is 18.3 Å². The van der Waals surface area contributed by atoms with Crippen LogP contribution in [0.25, 0.3) is 0 Å². The molecule has 0 aromatic heterocycles. The largest absolute Gasteiger partial charge is 0.573 e. The molecular weight excluding hydrogens is 377 g/mol. The van der Waals surface area contributed by atoms with Crippen molar-refractivity contribution in [2.24, 2.45) is 0 Å². The molecule has 146 valence electrons. The summed E-state index contributed by atoms with van der Waals surface area (Å²) in [6.07, 6.45) is -3.41. The van der Waals surface area contributed by atoms with E-state index in [0.29, 0.717) is 19.3 Å². The highest BCUT2D eigenvalue weighted by Crippen LogP contribution is 2.29. The van der Waals surface area contributed by atoms with Gasteiger partial charge in [-0.3, -0.25) is 14.9 Å². The second-order valence-electron chi connectivity index (χ2n) is 5.72. The molecule has 1 amide bonds. The number of halogens is 4. The number of carbonyl (C=O) groups is 2. The number of amides is 1. The molecule has 1 saturated heterocycles. The van der Waals surface area contributed by atoms with Crippen molar-refractivity contribution in [3.8, 4) is 5.75 Å². The SMILES string of the molecule is CCCC(NC1CCN(c2cccc(OC(F)(F)F)c2)C1=O)C(=O)O.Cl. The normalized spacial score (nSPS) is 18.4. The van der Waals surface area contributed by atoms with Crippen molar-refractivity contribution in [3.05, 3.63) is 24.3 Å². The van der Waals surface area contributed by atoms with Crippen molar-refractivity contribution in [2.45, 2.75) is 44.6 Å². The van der Waals surface area contributed by atoms with Gasteiger partial charge in [-0.05, 0) is 25.0 Å². The molecule has 0 aliphatic carbocycles. The summed E-state index contributed by atoms with van der Waals surface area (Å²) in [6.45, 7) is 2.12. The van der Waals surface area contributed by atoms with Gasteiger partial charge < -0.3 is 14.7 Å². The number of alkyl halides is 3. The van der Waals surface area contributed by atoms with Gasteiger partial charge in [-0.25, -0.2) is 0 Å². The number of anilines is 1. The van der Waals surface area contributed by atoms with E-state index in [4.69, 9.17) is 5.11 Å². The first-order chi connectivity index (χ1) is 11.7. The minimum Gasteiger partial charge on any atom is -0.480 e. The molecule has 0 spiro atoms. The number of hydrogen-bond acceptors (Lipinski definition) is 4. The Morgan fingerprint density at radius 2 is 2.15 bits per heavy atom. The second kappa shape index (κ2) is 9.09. The van der Waals surface area contributed by atoms with Crippen LogP contribution in [0.4, 0.5) is 18.9 Å². The average molecular weight is 397 g/mol. The predicted octanol–water partition coefficient (Wildman–Crippen LogP) is 2.96. The second-order valence-corrected chi connectivity index (χ2v) is 5.72. The first kappa shape index (κ1) is 22.0. The first-order valence-electron chi connectivity index (χ1n) is 7.87. The molecule has 1 aliphatic heterocycles. The third kappa shape index (κ3) is 5.77. The average Bonchev–Trinajstić information content (AvgIpc) is 2.86. The van der Waals surface area contributed by atoms with Crippen LogP contribution in [0, 0.1) is 0 Å². The van der Waals surface area contributed by atoms with Crippen molar-refractivity contribution < 1.29 is 32.6 Å². The maximum atomic E-state index is 12.5. The van der Waals surface area contributed by atoms with E-state index in [2.05, 4.69) is 10.1 Å². The van der Waals surface area contributed by atoms with Gasteiger partial charge in [0.1, 0.15) is 11.8 Å². The maximum Gasteiger partial charge on any atom is 0.573 e. The number of rotatable bonds is 7. The van der Waals surface area contributed by atoms with Crippen LogP contribution < -0.4 is 15.0 Å². The number of carboxylic acids is 1. The van der Waals surface area contributed by atoms with Gasteiger partial charge in [-0.15, -0.1) is 25.6 Å². The van der Waals surface area contributed by atoms with Gasteiger partial charge in [0.15, 0.2) is 0 Å². The molecule has 2 atom stereocenters. The number of nitrogens with zero attached hydrogens (tertiary/aromatic N) is 1. The van der Waals surface area contributed by atoms with E-state index in [9.17, 15) is 22.8 Å². The lowest BCUT2D eigenvalue weighted by molar-refractivity contribution is -0.274. The lowest BCUT2D eigenvalue weighted by Crippen LogP contribution is -2.47. The molecule has 1 heterocycles. The molecule has 2 unspecified atom stereocenters. The Hall–Kier alpha value is -2.00. The Morgan fingerprint density at radius 1 is 1.46 bits per heavy atom. The molecule has 2 N–H and O–H groups in total. The summed E-state index contributed by atoms with van der Waals surface area (Å²) in [4.78, 5) is 25.0. The van der Waals surface area contributed by atoms with Crippen LogP contribution in [0.15, 0.2) is 24.3 Å². The van der Waals surface area contributed by atoms with Gasteiger partial charge in [0.25, 0.3) is 0 Å². The summed E-state index contributed by atoms with van der Waals surface area (Å²) < 4.78 is 40.8. The molecule has 1 fully saturated rings. The molecule has 26 heavy (non-hydrogen) atoms. The van der Waals surface area contributed by atoms with Crippen LogP contribution in [0.2, 0.25) is 0 Å². The summed E-state index contributed by atoms with van der Waals surface area (Å²) in [6, 6.07) is 3.63. The maximum absolute atomic E-state index is 12.5. The van der Waals surface area contributed by atoms with Gasteiger partial charge >= 0.3 is 12.3 Å². The number of nitrogens with one attached hydrogen (secondary N) is 1. The number of carbonyl (C=O) groups excluding carboxylic acids is 1. The number of carboxylic acid groups (broad SMARTS) is 1. The number of aliphatic carboxylic acids is 1. The Morgan fingerprint density at radius 3 is 2.73 bits per heavy atom. The van der Waals surface area contributed by atoms with Crippen molar-refractivity contribution in [2.75, 3.05) is 11.4 Å². The minimum atomic E-state index is -4.81. The third-order valence-corrected chi connectivity index (χ3v) is 3.85. The lowest BCUT2D eigenvalue weighted by atomic mass is 10.1. The monoisotopic (exact) mass is 396 g/mol. The zero-order valence-corrected chi connectivity index (χ0v) is 14.8. The Balaban J connectivity index is 0.00000338. The molecule has 1 aromatic rings. The first-order valence-corrected chi connectivity index (χ1v) is 7.87. The number of ether oxygens (including phenoxy) is 1. The summed E-state index contributed by atoms with van der Waals surface area (Å²) >= 11 is 0. The standard InChI is InChI=1S/C16H19F3N2O4.ClH/c1-2-4-13(15(23)24)20-12-7-8-21(14(12)22)10-5-3-6-11(9-10)25-16(17,18)19;/h3,5-6,9,12-13,20H,2,4,7-8H2,1H3,(H,23,24);1H. The van der Waals surface area contributed by atoms with E-state index in [1.54, 1.807) is 0 Å². The van der Waals surface area contributed by atoms with Crippen molar-refractivity contribution in [3.63, 3.8) is 0 Å². The van der Waals surface area contributed by atoms with Gasteiger partial charge in [0.2, 0.25) is 5.91 Å². The molecule has 2 rings (SSSR count). The molecule has 0 radical (unpaired) electrons. The van der Waals surface area contributed by atoms with Crippen molar-refractivity contribution in [1.29, 1.82) is 0 Å². The molecule has 10 heteroatoms. The molecule has 1 aromatic carbocycles. The van der Waals surface area contributed by atoms with Crippen LogP contribution in [0.3, 0.4) is 0 Å². The fraction of sp³-hybridized carbons (Fsp3) is 0.500. The van der Waals surface area contributed by atoms with E-state index in [1.807, 2.05) is 6.92 Å². The summed E-state index contributed by atoms with van der Waals surface area (Å²) in [5, 5.41) is 12.0. The highest BCUT2D eigenvalue weighted by atomic mass is 35.5. The van der Waals surface area contributed by atoms with E-state index in [0.717, 1.165) is 12.1 Å². The van der Waals surface area contributed by atoms with Gasteiger partial charge in [-0.2, -0.15) is 0 Å².